The van der Waals surface area contributed by atoms with Gasteiger partial charge in [0.25, 0.3) is 5.91 Å². The molecule has 0 spiro atoms. The van der Waals surface area contributed by atoms with Crippen LogP contribution in [-0.2, 0) is 4.74 Å². The maximum Gasteiger partial charge on any atom is 0.254 e. The molecule has 0 aromatic heterocycles. The second kappa shape index (κ2) is 6.06. The molecule has 1 aromatic carbocycles. The van der Waals surface area contributed by atoms with Gasteiger partial charge in [-0.1, -0.05) is 6.07 Å². The molecule has 1 unspecified atom stereocenters. The van der Waals surface area contributed by atoms with Crippen LogP contribution in [0.1, 0.15) is 28.8 Å². The van der Waals surface area contributed by atoms with Crippen LogP contribution < -0.4 is 5.73 Å². The molecule has 0 aliphatic carbocycles. The molecule has 1 aromatic rings. The molecule has 1 saturated heterocycles. The highest BCUT2D eigenvalue weighted by Crippen LogP contribution is 2.21. The number of nitrogens with two attached hydrogens (primary N) is 1. The molecule has 1 fully saturated rings. The molecule has 0 saturated carbocycles. The Morgan fingerprint density at radius 1 is 1.53 bits per heavy atom. The molecular weight excluding hydrogens is 240 g/mol. The molecule has 1 aliphatic rings. The minimum Gasteiger partial charge on any atom is -0.399 e. The Morgan fingerprint density at radius 3 is 3.05 bits per heavy atom. The molecule has 2 N–H and O–H groups in total. The monoisotopic (exact) mass is 262 g/mol. The van der Waals surface area contributed by atoms with Gasteiger partial charge in [0.15, 0.2) is 0 Å². The fraction of sp³-hybridized carbons (Fsp3) is 0.533. The number of rotatable bonds is 3. The van der Waals surface area contributed by atoms with Crippen LogP contribution in [0.3, 0.4) is 0 Å². The van der Waals surface area contributed by atoms with Crippen molar-refractivity contribution in [1.29, 1.82) is 0 Å². The van der Waals surface area contributed by atoms with Crippen LogP contribution in [0, 0.1) is 12.8 Å². The molecule has 2 rings (SSSR count). The van der Waals surface area contributed by atoms with Gasteiger partial charge in [-0.05, 0) is 43.4 Å². The molecule has 0 radical (unpaired) electrons. The lowest BCUT2D eigenvalue weighted by molar-refractivity contribution is 0.0570. The van der Waals surface area contributed by atoms with E-state index in [1.165, 1.54) is 0 Å². The van der Waals surface area contributed by atoms with Gasteiger partial charge in [-0.25, -0.2) is 0 Å². The van der Waals surface area contributed by atoms with Crippen molar-refractivity contribution in [1.82, 2.24) is 4.90 Å². The van der Waals surface area contributed by atoms with Crippen LogP contribution in [0.5, 0.6) is 0 Å². The van der Waals surface area contributed by atoms with Crippen LogP contribution in [0.2, 0.25) is 0 Å². The van der Waals surface area contributed by atoms with Gasteiger partial charge < -0.3 is 15.4 Å². The number of aryl methyl sites for hydroxylation is 1. The van der Waals surface area contributed by atoms with E-state index in [0.717, 1.165) is 43.7 Å². The molecule has 19 heavy (non-hydrogen) atoms. The number of piperidine rings is 1. The fourth-order valence-corrected chi connectivity index (χ4v) is 2.66. The second-order valence-electron chi connectivity index (χ2n) is 5.29. The van der Waals surface area contributed by atoms with E-state index in [1.54, 1.807) is 13.2 Å². The number of amides is 1. The quantitative estimate of drug-likeness (QED) is 0.848. The first-order valence-electron chi connectivity index (χ1n) is 6.76. The van der Waals surface area contributed by atoms with Crippen LogP contribution in [0.4, 0.5) is 5.69 Å². The number of benzene rings is 1. The van der Waals surface area contributed by atoms with Crippen LogP contribution in [-0.4, -0.2) is 37.6 Å². The number of anilines is 1. The molecule has 0 bridgehead atoms. The summed E-state index contributed by atoms with van der Waals surface area (Å²) in [4.78, 5) is 14.5. The average molecular weight is 262 g/mol. The van der Waals surface area contributed by atoms with Crippen molar-refractivity contribution in [2.75, 3.05) is 32.5 Å². The van der Waals surface area contributed by atoms with E-state index < -0.39 is 0 Å². The Labute approximate surface area is 114 Å². The maximum atomic E-state index is 12.6. The topological polar surface area (TPSA) is 55.6 Å². The number of likely N-dealkylation sites (tertiary alicyclic amines) is 1. The zero-order valence-electron chi connectivity index (χ0n) is 11.7. The summed E-state index contributed by atoms with van der Waals surface area (Å²) in [6, 6.07) is 5.51. The van der Waals surface area contributed by atoms with Gasteiger partial charge in [-0.2, -0.15) is 0 Å². The number of carbonyl (C=O) groups excluding carboxylic acids is 1. The van der Waals surface area contributed by atoms with E-state index in [0.29, 0.717) is 11.6 Å². The van der Waals surface area contributed by atoms with E-state index in [-0.39, 0.29) is 5.91 Å². The van der Waals surface area contributed by atoms with Crippen molar-refractivity contribution in [3.63, 3.8) is 0 Å². The normalized spacial score (nSPS) is 19.5. The van der Waals surface area contributed by atoms with Crippen LogP contribution in [0.25, 0.3) is 0 Å². The standard InChI is InChI=1S/C15H22N2O2/c1-11-5-6-13(16)8-14(11)15(18)17-7-3-4-12(9-17)10-19-2/h5-6,8,12H,3-4,7,9-10,16H2,1-2H3. The molecule has 4 nitrogen and oxygen atoms in total. The van der Waals surface area contributed by atoms with Crippen molar-refractivity contribution < 1.29 is 9.53 Å². The lowest BCUT2D eigenvalue weighted by Gasteiger charge is -2.32. The molecule has 1 atom stereocenters. The number of nitrogens with zero attached hydrogens (tertiary/aromatic N) is 1. The van der Waals surface area contributed by atoms with Gasteiger partial charge in [-0.3, -0.25) is 4.79 Å². The number of hydrogen-bond donors (Lipinski definition) is 1. The van der Waals surface area contributed by atoms with Crippen molar-refractivity contribution in [2.45, 2.75) is 19.8 Å². The van der Waals surface area contributed by atoms with Gasteiger partial charge in [0.2, 0.25) is 0 Å². The van der Waals surface area contributed by atoms with Gasteiger partial charge >= 0.3 is 0 Å². The predicted molar refractivity (Wildman–Crippen MR) is 76.1 cm³/mol. The highest BCUT2D eigenvalue weighted by atomic mass is 16.5. The van der Waals surface area contributed by atoms with E-state index in [2.05, 4.69) is 0 Å². The lowest BCUT2D eigenvalue weighted by Crippen LogP contribution is -2.41. The van der Waals surface area contributed by atoms with Crippen molar-refractivity contribution in [3.05, 3.63) is 29.3 Å². The summed E-state index contributed by atoms with van der Waals surface area (Å²) < 4.78 is 5.20. The smallest absolute Gasteiger partial charge is 0.254 e. The van der Waals surface area contributed by atoms with Gasteiger partial charge in [-0.15, -0.1) is 0 Å². The van der Waals surface area contributed by atoms with Crippen LogP contribution >= 0.6 is 0 Å². The zero-order valence-corrected chi connectivity index (χ0v) is 11.7. The first-order chi connectivity index (χ1) is 9.11. The second-order valence-corrected chi connectivity index (χ2v) is 5.29. The first kappa shape index (κ1) is 13.9. The first-order valence-corrected chi connectivity index (χ1v) is 6.76. The highest BCUT2D eigenvalue weighted by molar-refractivity contribution is 5.96. The number of nitrogen functional groups attached to an aromatic ring is 1. The third kappa shape index (κ3) is 3.26. The van der Waals surface area contributed by atoms with Gasteiger partial charge in [0.05, 0.1) is 6.61 Å². The minimum atomic E-state index is 0.0885. The molecule has 4 heteroatoms. The summed E-state index contributed by atoms with van der Waals surface area (Å²) in [5, 5.41) is 0. The van der Waals surface area contributed by atoms with E-state index in [4.69, 9.17) is 10.5 Å². The summed E-state index contributed by atoms with van der Waals surface area (Å²) in [5.74, 6) is 0.537. The number of hydrogen-bond acceptors (Lipinski definition) is 3. The summed E-state index contributed by atoms with van der Waals surface area (Å²) >= 11 is 0. The predicted octanol–water partition coefficient (Wildman–Crippen LogP) is 2.08. The summed E-state index contributed by atoms with van der Waals surface area (Å²) in [7, 11) is 1.71. The average Bonchev–Trinajstić information content (AvgIpc) is 2.41. The van der Waals surface area contributed by atoms with E-state index in [1.807, 2.05) is 24.0 Å². The Hall–Kier alpha value is -1.55. The molecule has 104 valence electrons. The van der Waals surface area contributed by atoms with E-state index >= 15 is 0 Å². The van der Waals surface area contributed by atoms with E-state index in [9.17, 15) is 4.79 Å². The Morgan fingerprint density at radius 2 is 2.32 bits per heavy atom. The molecular formula is C15H22N2O2. The third-order valence-electron chi connectivity index (χ3n) is 3.70. The van der Waals surface area contributed by atoms with Crippen molar-refractivity contribution >= 4 is 11.6 Å². The third-order valence-corrected chi connectivity index (χ3v) is 3.70. The largest absolute Gasteiger partial charge is 0.399 e. The number of ether oxygens (including phenoxy) is 1. The zero-order chi connectivity index (χ0) is 13.8. The van der Waals surface area contributed by atoms with Gasteiger partial charge in [0.1, 0.15) is 0 Å². The lowest BCUT2D eigenvalue weighted by atomic mass is 9.97. The summed E-state index contributed by atoms with van der Waals surface area (Å²) in [6.07, 6.45) is 2.18. The van der Waals surface area contributed by atoms with Crippen LogP contribution in [0.15, 0.2) is 18.2 Å². The molecule has 1 aliphatic heterocycles. The fourth-order valence-electron chi connectivity index (χ4n) is 2.66. The number of methoxy groups -OCH3 is 1. The molecule has 1 heterocycles. The Kier molecular flexibility index (Phi) is 4.43. The highest BCUT2D eigenvalue weighted by Gasteiger charge is 2.25. The van der Waals surface area contributed by atoms with Crippen molar-refractivity contribution in [3.8, 4) is 0 Å². The SMILES string of the molecule is COCC1CCCN(C(=O)c2cc(N)ccc2C)C1. The molecule has 1 amide bonds. The Balaban J connectivity index is 2.12. The summed E-state index contributed by atoms with van der Waals surface area (Å²) in [6.45, 7) is 4.27. The maximum absolute atomic E-state index is 12.6. The van der Waals surface area contributed by atoms with Crippen molar-refractivity contribution in [2.24, 2.45) is 5.92 Å². The minimum absolute atomic E-state index is 0.0885. The van der Waals surface area contributed by atoms with Gasteiger partial charge in [0, 0.05) is 31.5 Å². The number of carbonyl (C=O) groups is 1. The summed E-state index contributed by atoms with van der Waals surface area (Å²) in [5.41, 5.74) is 8.12. The Bertz CT molecular complexity index is 457.